The van der Waals surface area contributed by atoms with E-state index in [0.717, 1.165) is 17.5 Å². The molecular weight excluding hydrogens is 260 g/mol. The van der Waals surface area contributed by atoms with E-state index in [1.54, 1.807) is 12.1 Å². The van der Waals surface area contributed by atoms with Crippen LogP contribution in [0.1, 0.15) is 40.3 Å². The maximum atomic E-state index is 9.36. The van der Waals surface area contributed by atoms with Gasteiger partial charge in [0, 0.05) is 0 Å². The van der Waals surface area contributed by atoms with Crippen LogP contribution in [-0.4, -0.2) is 10.2 Å². The van der Waals surface area contributed by atoms with E-state index in [1.807, 2.05) is 39.8 Å². The van der Waals surface area contributed by atoms with Crippen molar-refractivity contribution in [3.8, 4) is 11.5 Å². The summed E-state index contributed by atoms with van der Waals surface area (Å²) in [7, 11) is 0. The molecule has 114 valence electrons. The third kappa shape index (κ3) is 4.01. The Balaban J connectivity index is 0.000000211. The summed E-state index contributed by atoms with van der Waals surface area (Å²) in [5.41, 5.74) is 6.95. The maximum Gasteiger partial charge on any atom is 0.118 e. The van der Waals surface area contributed by atoms with E-state index >= 15 is 0 Å². The van der Waals surface area contributed by atoms with Gasteiger partial charge in [0.1, 0.15) is 11.5 Å². The number of benzene rings is 2. The summed E-state index contributed by atoms with van der Waals surface area (Å²) < 4.78 is 0. The highest BCUT2D eigenvalue weighted by Gasteiger charge is 2.03. The summed E-state index contributed by atoms with van der Waals surface area (Å²) in [6.07, 6.45) is 0.992. The van der Waals surface area contributed by atoms with E-state index in [4.69, 9.17) is 0 Å². The van der Waals surface area contributed by atoms with Crippen LogP contribution in [0.15, 0.2) is 24.3 Å². The third-order valence-corrected chi connectivity index (χ3v) is 4.19. The molecular formula is C19H26O2. The molecule has 0 aliphatic heterocycles. The minimum atomic E-state index is 0.392. The lowest BCUT2D eigenvalue weighted by Crippen LogP contribution is -1.90. The zero-order valence-electron chi connectivity index (χ0n) is 13.9. The van der Waals surface area contributed by atoms with Gasteiger partial charge < -0.3 is 10.2 Å². The van der Waals surface area contributed by atoms with Crippen LogP contribution in [0, 0.1) is 34.6 Å². The van der Waals surface area contributed by atoms with Crippen molar-refractivity contribution in [2.45, 2.75) is 48.0 Å². The molecule has 2 rings (SSSR count). The molecule has 0 aliphatic carbocycles. The molecule has 0 unspecified atom stereocenters. The maximum absolute atomic E-state index is 9.36. The van der Waals surface area contributed by atoms with Crippen molar-refractivity contribution < 1.29 is 10.2 Å². The summed E-state index contributed by atoms with van der Waals surface area (Å²) in [5, 5.41) is 18.6. The van der Waals surface area contributed by atoms with Gasteiger partial charge in [-0.25, -0.2) is 0 Å². The normalized spacial score (nSPS) is 10.0. The van der Waals surface area contributed by atoms with Crippen LogP contribution >= 0.6 is 0 Å². The highest BCUT2D eigenvalue weighted by molar-refractivity contribution is 5.43. The first-order valence-corrected chi connectivity index (χ1v) is 7.33. The fourth-order valence-corrected chi connectivity index (χ4v) is 2.37. The molecule has 0 atom stereocenters. The molecule has 0 saturated carbocycles. The van der Waals surface area contributed by atoms with Gasteiger partial charge in [0.2, 0.25) is 0 Å². The van der Waals surface area contributed by atoms with Crippen LogP contribution in [0.2, 0.25) is 0 Å². The Labute approximate surface area is 128 Å². The van der Waals surface area contributed by atoms with Gasteiger partial charge in [0.05, 0.1) is 0 Å². The smallest absolute Gasteiger partial charge is 0.118 e. The average molecular weight is 286 g/mol. The summed E-state index contributed by atoms with van der Waals surface area (Å²) in [4.78, 5) is 0. The molecule has 0 spiro atoms. The van der Waals surface area contributed by atoms with Crippen molar-refractivity contribution in [3.05, 3.63) is 57.6 Å². The molecule has 0 aromatic heterocycles. The number of hydrogen-bond donors (Lipinski definition) is 2. The number of hydrogen-bond acceptors (Lipinski definition) is 2. The van der Waals surface area contributed by atoms with Crippen LogP contribution in [0.5, 0.6) is 11.5 Å². The molecule has 0 heterocycles. The highest BCUT2D eigenvalue weighted by atomic mass is 16.3. The van der Waals surface area contributed by atoms with Crippen LogP contribution < -0.4 is 0 Å². The quantitative estimate of drug-likeness (QED) is 0.783. The predicted octanol–water partition coefficient (Wildman–Crippen LogP) is 4.89. The van der Waals surface area contributed by atoms with Crippen LogP contribution in [0.3, 0.4) is 0 Å². The molecule has 0 amide bonds. The van der Waals surface area contributed by atoms with Crippen LogP contribution in [0.25, 0.3) is 0 Å². The minimum absolute atomic E-state index is 0.392. The van der Waals surface area contributed by atoms with E-state index in [-0.39, 0.29) is 0 Å². The highest BCUT2D eigenvalue weighted by Crippen LogP contribution is 2.23. The van der Waals surface area contributed by atoms with E-state index in [9.17, 15) is 10.2 Å². The molecule has 0 saturated heterocycles. The van der Waals surface area contributed by atoms with Crippen LogP contribution in [0.4, 0.5) is 0 Å². The number of phenols is 2. The van der Waals surface area contributed by atoms with Crippen LogP contribution in [-0.2, 0) is 6.42 Å². The second-order valence-corrected chi connectivity index (χ2v) is 5.51. The van der Waals surface area contributed by atoms with Gasteiger partial charge in [0.25, 0.3) is 0 Å². The Morgan fingerprint density at radius 3 is 1.57 bits per heavy atom. The standard InChI is InChI=1S/C10H14O.C9H12O/c1-4-9-7(2)5-6-10(11)8(9)3;1-6-4-5-9(10)8(3)7(6)2/h5-6,11H,4H2,1-3H3;4-5,10H,1-3H3. The fraction of sp³-hybridized carbons (Fsp3) is 0.368. The molecule has 2 nitrogen and oxygen atoms in total. The largest absolute Gasteiger partial charge is 0.508 e. The Morgan fingerprint density at radius 2 is 1.14 bits per heavy atom. The first-order chi connectivity index (χ1) is 9.79. The van der Waals surface area contributed by atoms with Crippen molar-refractivity contribution in [2.24, 2.45) is 0 Å². The van der Waals surface area contributed by atoms with Crippen molar-refractivity contribution >= 4 is 0 Å². The SMILES string of the molecule is CCc1c(C)ccc(O)c1C.Cc1ccc(O)c(C)c1C. The van der Waals surface area contributed by atoms with Gasteiger partial charge in [-0.2, -0.15) is 0 Å². The molecule has 2 aromatic rings. The van der Waals surface area contributed by atoms with Gasteiger partial charge in [-0.15, -0.1) is 0 Å². The van der Waals surface area contributed by atoms with Crippen molar-refractivity contribution in [1.82, 2.24) is 0 Å². The molecule has 2 heteroatoms. The molecule has 0 aliphatic rings. The molecule has 2 N–H and O–H groups in total. The van der Waals surface area contributed by atoms with E-state index in [2.05, 4.69) is 13.8 Å². The summed E-state index contributed by atoms with van der Waals surface area (Å²) in [5.74, 6) is 0.801. The topological polar surface area (TPSA) is 40.5 Å². The molecule has 0 radical (unpaired) electrons. The lowest BCUT2D eigenvalue weighted by Gasteiger charge is -2.08. The Hall–Kier alpha value is -1.96. The number of phenolic OH excluding ortho intramolecular Hbond substituents is 2. The number of aromatic hydroxyl groups is 2. The zero-order valence-corrected chi connectivity index (χ0v) is 13.9. The van der Waals surface area contributed by atoms with Crippen molar-refractivity contribution in [2.75, 3.05) is 0 Å². The average Bonchev–Trinajstić information content (AvgIpc) is 2.46. The van der Waals surface area contributed by atoms with Gasteiger partial charge in [-0.05, 0) is 86.6 Å². The summed E-state index contributed by atoms with van der Waals surface area (Å²) in [6, 6.07) is 7.38. The Bertz CT molecular complexity index is 601. The molecule has 21 heavy (non-hydrogen) atoms. The summed E-state index contributed by atoms with van der Waals surface area (Å²) >= 11 is 0. The van der Waals surface area contributed by atoms with Crippen molar-refractivity contribution in [3.63, 3.8) is 0 Å². The first kappa shape index (κ1) is 17.1. The zero-order chi connectivity index (χ0) is 16.2. The lowest BCUT2D eigenvalue weighted by molar-refractivity contribution is 0.469. The van der Waals surface area contributed by atoms with Gasteiger partial charge in [-0.3, -0.25) is 0 Å². The van der Waals surface area contributed by atoms with E-state index in [1.165, 1.54) is 22.3 Å². The third-order valence-electron chi connectivity index (χ3n) is 4.19. The predicted molar refractivity (Wildman–Crippen MR) is 89.3 cm³/mol. The van der Waals surface area contributed by atoms with E-state index in [0.29, 0.717) is 11.5 Å². The number of aryl methyl sites for hydroxylation is 2. The Morgan fingerprint density at radius 1 is 0.667 bits per heavy atom. The minimum Gasteiger partial charge on any atom is -0.508 e. The molecule has 0 fully saturated rings. The van der Waals surface area contributed by atoms with Crippen molar-refractivity contribution in [1.29, 1.82) is 0 Å². The molecule has 2 aromatic carbocycles. The fourth-order valence-electron chi connectivity index (χ4n) is 2.37. The van der Waals surface area contributed by atoms with E-state index < -0.39 is 0 Å². The lowest BCUT2D eigenvalue weighted by atomic mass is 10.0. The van der Waals surface area contributed by atoms with Gasteiger partial charge >= 0.3 is 0 Å². The second kappa shape index (κ2) is 7.16. The number of rotatable bonds is 1. The monoisotopic (exact) mass is 286 g/mol. The van der Waals surface area contributed by atoms with Gasteiger partial charge in [-0.1, -0.05) is 19.1 Å². The van der Waals surface area contributed by atoms with Gasteiger partial charge in [0.15, 0.2) is 0 Å². The second-order valence-electron chi connectivity index (χ2n) is 5.51. The first-order valence-electron chi connectivity index (χ1n) is 7.33. The summed E-state index contributed by atoms with van der Waals surface area (Å²) in [6.45, 7) is 12.1. The molecule has 0 bridgehead atoms. The Kier molecular flexibility index (Phi) is 5.83.